The topological polar surface area (TPSA) is 78.6 Å². The minimum Gasteiger partial charge on any atom is -0.482 e. The Balaban J connectivity index is 1.98. The lowest BCUT2D eigenvalue weighted by atomic mass is 10.0. The summed E-state index contributed by atoms with van der Waals surface area (Å²) in [6.07, 6.45) is -0.269. The minimum absolute atomic E-state index is 0.274. The number of amides is 1. The van der Waals surface area contributed by atoms with Crippen LogP contribution in [-0.4, -0.2) is 24.6 Å². The number of carbonyl (C=O) groups is 2. The number of benzene rings is 2. The first-order valence-corrected chi connectivity index (χ1v) is 7.29. The minimum atomic E-state index is -0.967. The Morgan fingerprint density at radius 1 is 1.04 bits per heavy atom. The van der Waals surface area contributed by atoms with Crippen LogP contribution in [0.5, 0.6) is 5.75 Å². The van der Waals surface area contributed by atoms with Gasteiger partial charge >= 0.3 is 5.97 Å². The van der Waals surface area contributed by atoms with E-state index in [1.165, 1.54) is 6.92 Å². The Hall–Kier alpha value is -2.82. The van der Waals surface area contributed by atoms with Crippen molar-refractivity contribution in [2.75, 3.05) is 6.61 Å². The molecule has 23 heavy (non-hydrogen) atoms. The molecule has 120 valence electrons. The number of primary amides is 1. The fourth-order valence-corrected chi connectivity index (χ4v) is 2.03. The van der Waals surface area contributed by atoms with Crippen molar-refractivity contribution in [2.45, 2.75) is 19.4 Å². The van der Waals surface area contributed by atoms with Gasteiger partial charge in [-0.2, -0.15) is 0 Å². The van der Waals surface area contributed by atoms with Crippen LogP contribution in [0.4, 0.5) is 0 Å². The summed E-state index contributed by atoms with van der Waals surface area (Å²) >= 11 is 0. The molecule has 0 aliphatic rings. The van der Waals surface area contributed by atoms with E-state index in [1.54, 1.807) is 6.07 Å². The van der Waals surface area contributed by atoms with Crippen molar-refractivity contribution in [1.82, 2.24) is 0 Å². The number of hydrogen-bond donors (Lipinski definition) is 1. The van der Waals surface area contributed by atoms with Crippen LogP contribution in [-0.2, 0) is 20.7 Å². The van der Waals surface area contributed by atoms with Crippen molar-refractivity contribution in [1.29, 1.82) is 0 Å². The van der Waals surface area contributed by atoms with Crippen LogP contribution >= 0.6 is 0 Å². The van der Waals surface area contributed by atoms with Crippen LogP contribution in [0.15, 0.2) is 54.6 Å². The Kier molecular flexibility index (Phi) is 5.74. The predicted octanol–water partition coefficient (Wildman–Crippen LogP) is 2.07. The molecule has 0 saturated carbocycles. The fraction of sp³-hybridized carbons (Fsp3) is 0.222. The first-order chi connectivity index (χ1) is 11.1. The highest BCUT2D eigenvalue weighted by atomic mass is 16.6. The van der Waals surface area contributed by atoms with Crippen molar-refractivity contribution in [3.63, 3.8) is 0 Å². The van der Waals surface area contributed by atoms with E-state index >= 15 is 0 Å². The van der Waals surface area contributed by atoms with Crippen LogP contribution in [0.2, 0.25) is 0 Å². The van der Waals surface area contributed by atoms with E-state index in [0.717, 1.165) is 11.1 Å². The summed E-state index contributed by atoms with van der Waals surface area (Å²) in [6.45, 7) is 1.15. The number of esters is 1. The standard InChI is InChI=1S/C18H19NO4/c1-13(18(19)21)23-17(20)12-22-16-10-6-5-9-15(16)11-14-7-3-2-4-8-14/h2-10,13H,11-12H2,1H3,(H2,19,21). The number of ether oxygens (including phenoxy) is 2. The van der Waals surface area contributed by atoms with E-state index in [1.807, 2.05) is 48.5 Å². The monoisotopic (exact) mass is 313 g/mol. The third-order valence-corrected chi connectivity index (χ3v) is 3.26. The average molecular weight is 313 g/mol. The number of hydrogen-bond acceptors (Lipinski definition) is 4. The summed E-state index contributed by atoms with van der Waals surface area (Å²) in [5, 5.41) is 0. The van der Waals surface area contributed by atoms with Gasteiger partial charge in [0.1, 0.15) is 5.75 Å². The first-order valence-electron chi connectivity index (χ1n) is 7.29. The summed E-state index contributed by atoms with van der Waals surface area (Å²) in [5.74, 6) is -0.714. The molecule has 0 aliphatic heterocycles. The van der Waals surface area contributed by atoms with Crippen LogP contribution in [0, 0.1) is 0 Å². The smallest absolute Gasteiger partial charge is 0.344 e. The van der Waals surface area contributed by atoms with Gasteiger partial charge in [0.25, 0.3) is 5.91 Å². The summed E-state index contributed by atoms with van der Waals surface area (Å²) in [7, 11) is 0. The Morgan fingerprint density at radius 3 is 2.39 bits per heavy atom. The molecule has 5 heteroatoms. The summed E-state index contributed by atoms with van der Waals surface area (Å²) in [6, 6.07) is 17.5. The van der Waals surface area contributed by atoms with Gasteiger partial charge in [0, 0.05) is 6.42 Å². The normalized spacial score (nSPS) is 11.5. The number of carbonyl (C=O) groups excluding carboxylic acids is 2. The number of rotatable bonds is 7. The second-order valence-corrected chi connectivity index (χ2v) is 5.09. The van der Waals surface area contributed by atoms with Gasteiger partial charge in [-0.3, -0.25) is 4.79 Å². The first kappa shape index (κ1) is 16.5. The second-order valence-electron chi connectivity index (χ2n) is 5.09. The van der Waals surface area contributed by atoms with Crippen LogP contribution in [0.1, 0.15) is 18.1 Å². The summed E-state index contributed by atoms with van der Waals surface area (Å²) < 4.78 is 10.4. The van der Waals surface area contributed by atoms with Gasteiger partial charge in [0.15, 0.2) is 12.7 Å². The lowest BCUT2D eigenvalue weighted by molar-refractivity contribution is -0.155. The molecular formula is C18H19NO4. The van der Waals surface area contributed by atoms with Crippen molar-refractivity contribution in [3.05, 3.63) is 65.7 Å². The zero-order valence-corrected chi connectivity index (χ0v) is 12.9. The zero-order chi connectivity index (χ0) is 16.7. The maximum absolute atomic E-state index is 11.6. The molecule has 2 aromatic carbocycles. The van der Waals surface area contributed by atoms with Crippen molar-refractivity contribution >= 4 is 11.9 Å². The average Bonchev–Trinajstić information content (AvgIpc) is 2.55. The molecular weight excluding hydrogens is 294 g/mol. The quantitative estimate of drug-likeness (QED) is 0.794. The van der Waals surface area contributed by atoms with E-state index in [2.05, 4.69) is 0 Å². The summed E-state index contributed by atoms with van der Waals surface area (Å²) in [4.78, 5) is 22.5. The second kappa shape index (κ2) is 7.98. The maximum atomic E-state index is 11.6. The van der Waals surface area contributed by atoms with Gasteiger partial charge in [0.2, 0.25) is 0 Å². The predicted molar refractivity (Wildman–Crippen MR) is 85.9 cm³/mol. The Labute approximate surface area is 135 Å². The van der Waals surface area contributed by atoms with E-state index in [4.69, 9.17) is 15.2 Å². The molecule has 0 spiro atoms. The molecule has 1 amide bonds. The third-order valence-electron chi connectivity index (χ3n) is 3.26. The van der Waals surface area contributed by atoms with Crippen LogP contribution in [0.25, 0.3) is 0 Å². The van der Waals surface area contributed by atoms with E-state index in [-0.39, 0.29) is 6.61 Å². The molecule has 1 atom stereocenters. The van der Waals surface area contributed by atoms with Gasteiger partial charge in [-0.1, -0.05) is 48.5 Å². The molecule has 0 bridgehead atoms. The molecule has 1 unspecified atom stereocenters. The molecule has 0 radical (unpaired) electrons. The molecule has 2 N–H and O–H groups in total. The zero-order valence-electron chi connectivity index (χ0n) is 12.9. The molecule has 0 heterocycles. The highest BCUT2D eigenvalue weighted by Crippen LogP contribution is 2.21. The molecule has 2 aromatic rings. The van der Waals surface area contributed by atoms with Crippen molar-refractivity contribution in [2.24, 2.45) is 5.73 Å². The van der Waals surface area contributed by atoms with Gasteiger partial charge in [0.05, 0.1) is 0 Å². The molecule has 0 fully saturated rings. The lowest BCUT2D eigenvalue weighted by Crippen LogP contribution is -2.32. The van der Waals surface area contributed by atoms with E-state index < -0.39 is 18.0 Å². The number of para-hydroxylation sites is 1. The highest BCUT2D eigenvalue weighted by Gasteiger charge is 2.15. The molecule has 2 rings (SSSR count). The third kappa shape index (κ3) is 5.14. The summed E-state index contributed by atoms with van der Waals surface area (Å²) in [5.41, 5.74) is 7.16. The van der Waals surface area contributed by atoms with Gasteiger partial charge in [-0.05, 0) is 24.1 Å². The van der Waals surface area contributed by atoms with Gasteiger partial charge in [-0.25, -0.2) is 4.79 Å². The maximum Gasteiger partial charge on any atom is 0.344 e. The Bertz CT molecular complexity index is 670. The molecule has 5 nitrogen and oxygen atoms in total. The fourth-order valence-electron chi connectivity index (χ4n) is 2.03. The number of nitrogens with two attached hydrogens (primary N) is 1. The highest BCUT2D eigenvalue weighted by molar-refractivity contribution is 5.82. The van der Waals surface area contributed by atoms with E-state index in [9.17, 15) is 9.59 Å². The van der Waals surface area contributed by atoms with Crippen LogP contribution in [0.3, 0.4) is 0 Å². The molecule has 0 aromatic heterocycles. The largest absolute Gasteiger partial charge is 0.482 e. The van der Waals surface area contributed by atoms with Gasteiger partial charge < -0.3 is 15.2 Å². The van der Waals surface area contributed by atoms with Crippen LogP contribution < -0.4 is 10.5 Å². The lowest BCUT2D eigenvalue weighted by Gasteiger charge is -2.13. The Morgan fingerprint density at radius 2 is 1.70 bits per heavy atom. The van der Waals surface area contributed by atoms with Crippen molar-refractivity contribution in [3.8, 4) is 5.75 Å². The van der Waals surface area contributed by atoms with E-state index in [0.29, 0.717) is 12.2 Å². The molecule has 0 saturated heterocycles. The SMILES string of the molecule is CC(OC(=O)COc1ccccc1Cc1ccccc1)C(N)=O. The van der Waals surface area contributed by atoms with Crippen molar-refractivity contribution < 1.29 is 19.1 Å². The molecule has 0 aliphatic carbocycles. The van der Waals surface area contributed by atoms with Gasteiger partial charge in [-0.15, -0.1) is 0 Å².